The molecule has 0 radical (unpaired) electrons. The number of carbonyl (C=O) groups excluding carboxylic acids is 1. The summed E-state index contributed by atoms with van der Waals surface area (Å²) in [6.45, 7) is 4.11. The Hall–Kier alpha value is -2.34. The maximum absolute atomic E-state index is 12.1. The summed E-state index contributed by atoms with van der Waals surface area (Å²) >= 11 is 0. The number of benzene rings is 1. The van der Waals surface area contributed by atoms with Gasteiger partial charge in [0.25, 0.3) is 5.91 Å². The van der Waals surface area contributed by atoms with Crippen LogP contribution in [0.5, 0.6) is 5.75 Å². The first-order valence-corrected chi connectivity index (χ1v) is 7.93. The maximum Gasteiger partial charge on any atom is 0.258 e. The van der Waals surface area contributed by atoms with Crippen molar-refractivity contribution in [2.24, 2.45) is 0 Å². The summed E-state index contributed by atoms with van der Waals surface area (Å²) in [4.78, 5) is 12.1. The molecule has 2 heterocycles. The molecule has 1 saturated heterocycles. The second-order valence-electron chi connectivity index (χ2n) is 5.51. The van der Waals surface area contributed by atoms with E-state index in [4.69, 9.17) is 9.47 Å². The largest absolute Gasteiger partial charge is 0.491 e. The molecule has 1 aromatic carbocycles. The quantitative estimate of drug-likeness (QED) is 0.890. The Bertz CT molecular complexity index is 645. The van der Waals surface area contributed by atoms with Gasteiger partial charge in [-0.3, -0.25) is 9.48 Å². The summed E-state index contributed by atoms with van der Waals surface area (Å²) in [6, 6.07) is 7.35. The van der Waals surface area contributed by atoms with Gasteiger partial charge in [-0.1, -0.05) is 0 Å². The first-order valence-electron chi connectivity index (χ1n) is 7.93. The molecule has 0 saturated carbocycles. The highest BCUT2D eigenvalue weighted by Crippen LogP contribution is 2.19. The Morgan fingerprint density at radius 1 is 1.43 bits per heavy atom. The van der Waals surface area contributed by atoms with E-state index in [1.807, 2.05) is 31.2 Å². The van der Waals surface area contributed by atoms with Crippen LogP contribution in [-0.2, 0) is 11.3 Å². The number of carbonyl (C=O) groups is 1. The fourth-order valence-corrected chi connectivity index (χ4v) is 2.46. The Labute approximate surface area is 135 Å². The van der Waals surface area contributed by atoms with E-state index >= 15 is 0 Å². The van der Waals surface area contributed by atoms with Crippen LogP contribution in [-0.4, -0.2) is 35.0 Å². The molecule has 0 aliphatic carbocycles. The van der Waals surface area contributed by atoms with Gasteiger partial charge in [0.15, 0.2) is 0 Å². The van der Waals surface area contributed by atoms with Gasteiger partial charge in [-0.15, -0.1) is 0 Å². The molecule has 2 aromatic rings. The van der Waals surface area contributed by atoms with Crippen LogP contribution in [0.2, 0.25) is 0 Å². The highest BCUT2D eigenvalue weighted by molar-refractivity contribution is 6.03. The SMILES string of the molecule is CCn1cc(C(=O)Nc2ccc(OCC3CCCO3)cc2)cn1. The predicted octanol–water partition coefficient (Wildman–Crippen LogP) is 2.71. The first-order chi connectivity index (χ1) is 11.2. The second-order valence-corrected chi connectivity index (χ2v) is 5.51. The number of hydrogen-bond acceptors (Lipinski definition) is 4. The van der Waals surface area contributed by atoms with E-state index in [-0.39, 0.29) is 12.0 Å². The predicted molar refractivity (Wildman–Crippen MR) is 86.8 cm³/mol. The third-order valence-corrected chi connectivity index (χ3v) is 3.79. The van der Waals surface area contributed by atoms with Crippen molar-refractivity contribution < 1.29 is 14.3 Å². The molecule has 1 atom stereocenters. The van der Waals surface area contributed by atoms with Gasteiger partial charge in [-0.2, -0.15) is 5.10 Å². The number of hydrogen-bond donors (Lipinski definition) is 1. The summed E-state index contributed by atoms with van der Waals surface area (Å²) in [5.41, 5.74) is 1.27. The van der Waals surface area contributed by atoms with Gasteiger partial charge in [0.2, 0.25) is 0 Å². The number of aryl methyl sites for hydroxylation is 1. The molecule has 1 aliphatic heterocycles. The van der Waals surface area contributed by atoms with E-state index in [0.717, 1.165) is 37.4 Å². The number of ether oxygens (including phenoxy) is 2. The van der Waals surface area contributed by atoms with Gasteiger partial charge in [0.05, 0.1) is 17.9 Å². The lowest BCUT2D eigenvalue weighted by Gasteiger charge is -2.12. The van der Waals surface area contributed by atoms with Crippen molar-refractivity contribution in [2.75, 3.05) is 18.5 Å². The van der Waals surface area contributed by atoms with Crippen molar-refractivity contribution in [3.63, 3.8) is 0 Å². The van der Waals surface area contributed by atoms with Crippen molar-refractivity contribution in [3.8, 4) is 5.75 Å². The van der Waals surface area contributed by atoms with E-state index < -0.39 is 0 Å². The van der Waals surface area contributed by atoms with E-state index in [1.54, 1.807) is 17.1 Å². The Kier molecular flexibility index (Phi) is 4.92. The molecule has 1 unspecified atom stereocenters. The lowest BCUT2D eigenvalue weighted by Crippen LogP contribution is -2.16. The molecule has 1 amide bonds. The van der Waals surface area contributed by atoms with Crippen LogP contribution in [0.3, 0.4) is 0 Å². The van der Waals surface area contributed by atoms with Gasteiger partial charge >= 0.3 is 0 Å². The highest BCUT2D eigenvalue weighted by atomic mass is 16.5. The van der Waals surface area contributed by atoms with E-state index in [1.165, 1.54) is 0 Å². The van der Waals surface area contributed by atoms with E-state index in [9.17, 15) is 4.79 Å². The Morgan fingerprint density at radius 3 is 2.91 bits per heavy atom. The smallest absolute Gasteiger partial charge is 0.258 e. The zero-order valence-corrected chi connectivity index (χ0v) is 13.2. The summed E-state index contributed by atoms with van der Waals surface area (Å²) in [7, 11) is 0. The fraction of sp³-hybridized carbons (Fsp3) is 0.412. The van der Waals surface area contributed by atoms with Crippen LogP contribution in [0.1, 0.15) is 30.1 Å². The lowest BCUT2D eigenvalue weighted by molar-refractivity contribution is 0.0679. The van der Waals surface area contributed by atoms with Crippen LogP contribution >= 0.6 is 0 Å². The van der Waals surface area contributed by atoms with Crippen molar-refractivity contribution in [3.05, 3.63) is 42.2 Å². The van der Waals surface area contributed by atoms with Crippen LogP contribution in [0.25, 0.3) is 0 Å². The molecule has 3 rings (SSSR count). The molecule has 122 valence electrons. The normalized spacial score (nSPS) is 17.2. The van der Waals surface area contributed by atoms with Crippen molar-refractivity contribution in [2.45, 2.75) is 32.4 Å². The summed E-state index contributed by atoms with van der Waals surface area (Å²) in [5, 5.41) is 6.95. The van der Waals surface area contributed by atoms with Crippen LogP contribution in [0, 0.1) is 0 Å². The van der Waals surface area contributed by atoms with Crippen LogP contribution in [0.4, 0.5) is 5.69 Å². The summed E-state index contributed by atoms with van der Waals surface area (Å²) in [6.07, 6.45) is 5.66. The number of rotatable bonds is 6. The molecule has 0 spiro atoms. The maximum atomic E-state index is 12.1. The number of nitrogens with zero attached hydrogens (tertiary/aromatic N) is 2. The van der Waals surface area contributed by atoms with Gasteiger partial charge in [0, 0.05) is 25.0 Å². The second kappa shape index (κ2) is 7.28. The van der Waals surface area contributed by atoms with Gasteiger partial charge in [-0.25, -0.2) is 0 Å². The molecule has 0 bridgehead atoms. The van der Waals surface area contributed by atoms with Gasteiger partial charge < -0.3 is 14.8 Å². The number of nitrogens with one attached hydrogen (secondary N) is 1. The van der Waals surface area contributed by atoms with Gasteiger partial charge in [0.1, 0.15) is 12.4 Å². The zero-order chi connectivity index (χ0) is 16.1. The van der Waals surface area contributed by atoms with E-state index in [0.29, 0.717) is 12.2 Å². The average Bonchev–Trinajstić information content (AvgIpc) is 3.25. The number of amides is 1. The minimum absolute atomic E-state index is 0.169. The monoisotopic (exact) mass is 315 g/mol. The molecule has 1 aromatic heterocycles. The molecule has 6 heteroatoms. The Morgan fingerprint density at radius 2 is 2.26 bits per heavy atom. The third kappa shape index (κ3) is 4.10. The molecule has 1 aliphatic rings. The fourth-order valence-electron chi connectivity index (χ4n) is 2.46. The minimum atomic E-state index is -0.169. The molecular formula is C17H21N3O3. The summed E-state index contributed by atoms with van der Waals surface area (Å²) < 4.78 is 12.9. The minimum Gasteiger partial charge on any atom is -0.491 e. The number of anilines is 1. The van der Waals surface area contributed by atoms with Crippen LogP contribution < -0.4 is 10.1 Å². The van der Waals surface area contributed by atoms with Gasteiger partial charge in [-0.05, 0) is 44.0 Å². The van der Waals surface area contributed by atoms with E-state index in [2.05, 4.69) is 10.4 Å². The Balaban J connectivity index is 1.53. The standard InChI is InChI=1S/C17H21N3O3/c1-2-20-11-13(10-18-20)17(21)19-14-5-7-15(8-6-14)23-12-16-4-3-9-22-16/h5-8,10-11,16H,2-4,9,12H2,1H3,(H,19,21). The average molecular weight is 315 g/mol. The summed E-state index contributed by atoms with van der Waals surface area (Å²) in [5.74, 6) is 0.607. The molecule has 1 fully saturated rings. The first kappa shape index (κ1) is 15.6. The third-order valence-electron chi connectivity index (χ3n) is 3.79. The highest BCUT2D eigenvalue weighted by Gasteiger charge is 2.16. The van der Waals surface area contributed by atoms with Crippen molar-refractivity contribution in [1.82, 2.24) is 9.78 Å². The van der Waals surface area contributed by atoms with Crippen molar-refractivity contribution >= 4 is 11.6 Å². The molecule has 1 N–H and O–H groups in total. The zero-order valence-electron chi connectivity index (χ0n) is 13.2. The molecule has 23 heavy (non-hydrogen) atoms. The van der Waals surface area contributed by atoms with Crippen LogP contribution in [0.15, 0.2) is 36.7 Å². The molecule has 6 nitrogen and oxygen atoms in total. The topological polar surface area (TPSA) is 65.4 Å². The van der Waals surface area contributed by atoms with Crippen molar-refractivity contribution in [1.29, 1.82) is 0 Å². The molecular weight excluding hydrogens is 294 g/mol. The number of aromatic nitrogens is 2. The lowest BCUT2D eigenvalue weighted by atomic mass is 10.2.